The minimum absolute atomic E-state index is 0.256. The minimum Gasteiger partial charge on any atom is -0.319 e. The van der Waals surface area contributed by atoms with Crippen LogP contribution in [0.3, 0.4) is 0 Å². The number of amides is 3. The van der Waals surface area contributed by atoms with E-state index in [9.17, 15) is 14.0 Å². The van der Waals surface area contributed by atoms with Gasteiger partial charge in [0.15, 0.2) is 0 Å². The number of carbonyl (C=O) groups excluding carboxylic acids is 2. The van der Waals surface area contributed by atoms with Crippen molar-refractivity contribution in [1.82, 2.24) is 10.2 Å². The van der Waals surface area contributed by atoms with E-state index in [2.05, 4.69) is 5.32 Å². The predicted molar refractivity (Wildman–Crippen MR) is 109 cm³/mol. The zero-order valence-corrected chi connectivity index (χ0v) is 16.1. The highest BCUT2D eigenvalue weighted by Crippen LogP contribution is 2.34. The summed E-state index contributed by atoms with van der Waals surface area (Å²) in [6, 6.07) is 19.4. The number of benzene rings is 3. The van der Waals surface area contributed by atoms with Crippen LogP contribution in [0.25, 0.3) is 10.8 Å². The SMILES string of the molecule is CC1(c2cccc3ccccc23)NC(=O)N(CCSc2ccc(F)cc2)C1=O. The maximum absolute atomic E-state index is 13.2. The first-order valence-corrected chi connectivity index (χ1v) is 9.98. The second-order valence-corrected chi connectivity index (χ2v) is 8.01. The summed E-state index contributed by atoms with van der Waals surface area (Å²) >= 11 is 1.48. The Labute approximate surface area is 166 Å². The Morgan fingerprint density at radius 1 is 1.00 bits per heavy atom. The van der Waals surface area contributed by atoms with Crippen LogP contribution in [0.4, 0.5) is 9.18 Å². The van der Waals surface area contributed by atoms with Crippen molar-refractivity contribution in [3.8, 4) is 0 Å². The molecule has 1 aliphatic heterocycles. The number of halogens is 1. The first-order chi connectivity index (χ1) is 13.5. The van der Waals surface area contributed by atoms with Gasteiger partial charge in [0.25, 0.3) is 5.91 Å². The third-order valence-electron chi connectivity index (χ3n) is 5.00. The zero-order chi connectivity index (χ0) is 19.7. The molecule has 1 atom stereocenters. The number of hydrogen-bond acceptors (Lipinski definition) is 3. The van der Waals surface area contributed by atoms with Gasteiger partial charge in [-0.2, -0.15) is 0 Å². The lowest BCUT2D eigenvalue weighted by Crippen LogP contribution is -2.41. The van der Waals surface area contributed by atoms with Crippen LogP contribution in [0.2, 0.25) is 0 Å². The molecule has 3 aromatic rings. The molecule has 1 aliphatic rings. The molecule has 1 unspecified atom stereocenters. The largest absolute Gasteiger partial charge is 0.325 e. The Morgan fingerprint density at radius 2 is 1.71 bits per heavy atom. The number of thioether (sulfide) groups is 1. The summed E-state index contributed by atoms with van der Waals surface area (Å²) in [5.41, 5.74) is -0.309. The van der Waals surface area contributed by atoms with E-state index in [0.29, 0.717) is 5.75 Å². The molecule has 1 heterocycles. The molecule has 28 heavy (non-hydrogen) atoms. The van der Waals surface area contributed by atoms with E-state index in [-0.39, 0.29) is 24.3 Å². The molecule has 0 aliphatic carbocycles. The molecule has 1 saturated heterocycles. The van der Waals surface area contributed by atoms with Crippen molar-refractivity contribution in [2.75, 3.05) is 12.3 Å². The minimum atomic E-state index is -1.10. The first kappa shape index (κ1) is 18.5. The van der Waals surface area contributed by atoms with Crippen LogP contribution in [-0.4, -0.2) is 29.1 Å². The second kappa shape index (κ2) is 7.28. The summed E-state index contributed by atoms with van der Waals surface area (Å²) in [5.74, 6) is -0.00554. The molecule has 0 saturated carbocycles. The number of carbonyl (C=O) groups is 2. The summed E-state index contributed by atoms with van der Waals surface area (Å²) in [4.78, 5) is 27.8. The normalized spacial score (nSPS) is 19.3. The fraction of sp³-hybridized carbons (Fsp3) is 0.182. The third kappa shape index (κ3) is 3.24. The lowest BCUT2D eigenvalue weighted by Gasteiger charge is -2.24. The molecule has 1 fully saturated rings. The quantitative estimate of drug-likeness (QED) is 0.511. The fourth-order valence-corrected chi connectivity index (χ4v) is 4.37. The molecule has 0 radical (unpaired) electrons. The van der Waals surface area contributed by atoms with Gasteiger partial charge in [0.05, 0.1) is 0 Å². The number of imide groups is 1. The molecule has 0 spiro atoms. The van der Waals surface area contributed by atoms with E-state index in [1.54, 1.807) is 19.1 Å². The number of rotatable bonds is 5. The van der Waals surface area contributed by atoms with E-state index in [0.717, 1.165) is 21.2 Å². The van der Waals surface area contributed by atoms with Gasteiger partial charge in [0, 0.05) is 17.2 Å². The molecule has 3 aromatic carbocycles. The summed E-state index contributed by atoms with van der Waals surface area (Å²) in [7, 11) is 0. The van der Waals surface area contributed by atoms with Crippen LogP contribution in [-0.2, 0) is 10.3 Å². The van der Waals surface area contributed by atoms with Gasteiger partial charge < -0.3 is 5.32 Å². The fourth-order valence-electron chi connectivity index (χ4n) is 3.53. The third-order valence-corrected chi connectivity index (χ3v) is 5.99. The summed E-state index contributed by atoms with van der Waals surface area (Å²) in [6.45, 7) is 2.04. The van der Waals surface area contributed by atoms with Crippen LogP contribution in [0.15, 0.2) is 71.6 Å². The van der Waals surface area contributed by atoms with E-state index in [4.69, 9.17) is 0 Å². The lowest BCUT2D eigenvalue weighted by atomic mass is 9.88. The van der Waals surface area contributed by atoms with Crippen LogP contribution in [0, 0.1) is 5.82 Å². The summed E-state index contributed by atoms with van der Waals surface area (Å²) < 4.78 is 13.0. The van der Waals surface area contributed by atoms with Crippen LogP contribution in [0.1, 0.15) is 12.5 Å². The molecule has 0 aromatic heterocycles. The lowest BCUT2D eigenvalue weighted by molar-refractivity contribution is -0.130. The summed E-state index contributed by atoms with van der Waals surface area (Å²) in [5, 5.41) is 4.84. The molecular weight excluding hydrogens is 375 g/mol. The van der Waals surface area contributed by atoms with Crippen molar-refractivity contribution in [2.24, 2.45) is 0 Å². The maximum Gasteiger partial charge on any atom is 0.325 e. The van der Waals surface area contributed by atoms with Gasteiger partial charge in [0.1, 0.15) is 11.4 Å². The number of fused-ring (bicyclic) bond motifs is 1. The van der Waals surface area contributed by atoms with Crippen molar-refractivity contribution >= 4 is 34.5 Å². The first-order valence-electron chi connectivity index (χ1n) is 9.00. The van der Waals surface area contributed by atoms with Crippen molar-refractivity contribution in [2.45, 2.75) is 17.4 Å². The highest BCUT2D eigenvalue weighted by atomic mass is 32.2. The van der Waals surface area contributed by atoms with Gasteiger partial charge in [0.2, 0.25) is 0 Å². The number of nitrogens with one attached hydrogen (secondary N) is 1. The molecule has 3 amide bonds. The van der Waals surface area contributed by atoms with Crippen molar-refractivity contribution in [3.63, 3.8) is 0 Å². The van der Waals surface area contributed by atoms with Crippen LogP contribution < -0.4 is 5.32 Å². The summed E-state index contributed by atoms with van der Waals surface area (Å²) in [6.07, 6.45) is 0. The molecule has 142 valence electrons. The molecule has 4 rings (SSSR count). The highest BCUT2D eigenvalue weighted by molar-refractivity contribution is 7.99. The second-order valence-electron chi connectivity index (χ2n) is 6.84. The number of nitrogens with zero attached hydrogens (tertiary/aromatic N) is 1. The highest BCUT2D eigenvalue weighted by Gasteiger charge is 2.49. The van der Waals surface area contributed by atoms with Gasteiger partial charge in [-0.25, -0.2) is 9.18 Å². The van der Waals surface area contributed by atoms with Gasteiger partial charge in [-0.3, -0.25) is 9.69 Å². The van der Waals surface area contributed by atoms with Crippen LogP contribution >= 0.6 is 11.8 Å². The van der Waals surface area contributed by atoms with Crippen molar-refractivity contribution in [3.05, 3.63) is 78.1 Å². The van der Waals surface area contributed by atoms with Crippen molar-refractivity contribution in [1.29, 1.82) is 0 Å². The number of hydrogen-bond donors (Lipinski definition) is 1. The van der Waals surface area contributed by atoms with E-state index >= 15 is 0 Å². The monoisotopic (exact) mass is 394 g/mol. The Kier molecular flexibility index (Phi) is 4.81. The molecule has 0 bridgehead atoms. The van der Waals surface area contributed by atoms with Gasteiger partial charge in [-0.05, 0) is 47.5 Å². The van der Waals surface area contributed by atoms with Gasteiger partial charge in [-0.1, -0.05) is 42.5 Å². The number of urea groups is 1. The zero-order valence-electron chi connectivity index (χ0n) is 15.3. The Hall–Kier alpha value is -2.86. The average molecular weight is 394 g/mol. The van der Waals surface area contributed by atoms with Gasteiger partial charge >= 0.3 is 6.03 Å². The molecular formula is C22H19FN2O2S. The van der Waals surface area contributed by atoms with E-state index in [1.807, 2.05) is 42.5 Å². The Balaban J connectivity index is 1.53. The predicted octanol–water partition coefficient (Wildman–Crippen LogP) is 4.54. The smallest absolute Gasteiger partial charge is 0.319 e. The van der Waals surface area contributed by atoms with Gasteiger partial charge in [-0.15, -0.1) is 11.8 Å². The molecule has 6 heteroatoms. The Morgan fingerprint density at radius 3 is 2.50 bits per heavy atom. The molecule has 1 N–H and O–H groups in total. The van der Waals surface area contributed by atoms with E-state index < -0.39 is 5.54 Å². The molecule has 4 nitrogen and oxygen atoms in total. The topological polar surface area (TPSA) is 49.4 Å². The van der Waals surface area contributed by atoms with Crippen LogP contribution in [0.5, 0.6) is 0 Å². The van der Waals surface area contributed by atoms with E-state index in [1.165, 1.54) is 28.8 Å². The average Bonchev–Trinajstić information content (AvgIpc) is 2.92. The maximum atomic E-state index is 13.2. The Bertz CT molecular complexity index is 1050. The van der Waals surface area contributed by atoms with Crippen molar-refractivity contribution < 1.29 is 14.0 Å². The standard InChI is InChI=1S/C22H19FN2O2S/c1-22(19-8-4-6-15-5-2-3-7-18(15)19)20(26)25(21(27)24-22)13-14-28-17-11-9-16(23)10-12-17/h2-12H,13-14H2,1H3,(H,24,27).